The molecular weight excluding hydrogens is 204 g/mol. The third-order valence-electron chi connectivity index (χ3n) is 2.24. The van der Waals surface area contributed by atoms with Gasteiger partial charge in [0.2, 0.25) is 0 Å². The second-order valence-electron chi connectivity index (χ2n) is 3.51. The Morgan fingerprint density at radius 2 is 2.00 bits per heavy atom. The zero-order chi connectivity index (χ0) is 11.7. The summed E-state index contributed by atoms with van der Waals surface area (Å²) >= 11 is 0. The van der Waals surface area contributed by atoms with Crippen molar-refractivity contribution in [2.45, 2.75) is 6.92 Å². The Hall–Kier alpha value is -2.30. The van der Waals surface area contributed by atoms with Gasteiger partial charge in [0.25, 0.3) is 5.91 Å². The van der Waals surface area contributed by atoms with Crippen LogP contribution in [0.1, 0.15) is 16.1 Å². The van der Waals surface area contributed by atoms with Gasteiger partial charge in [-0.05, 0) is 19.1 Å². The minimum Gasteiger partial charge on any atom is -0.398 e. The van der Waals surface area contributed by atoms with E-state index in [1.54, 1.807) is 37.3 Å². The molecule has 82 valence electrons. The highest BCUT2D eigenvalue weighted by Gasteiger charge is 2.15. The van der Waals surface area contributed by atoms with Crippen molar-refractivity contribution in [3.63, 3.8) is 0 Å². The maximum atomic E-state index is 12.0. The van der Waals surface area contributed by atoms with Crippen LogP contribution in [0.5, 0.6) is 0 Å². The number of nitrogen functional groups attached to an aromatic ring is 2. The molecule has 2 rings (SSSR count). The summed E-state index contributed by atoms with van der Waals surface area (Å²) in [4.78, 5) is 12.0. The summed E-state index contributed by atoms with van der Waals surface area (Å²) in [6, 6.07) is 8.46. The summed E-state index contributed by atoms with van der Waals surface area (Å²) in [5.41, 5.74) is 12.9. The van der Waals surface area contributed by atoms with Crippen LogP contribution >= 0.6 is 0 Å². The highest BCUT2D eigenvalue weighted by Crippen LogP contribution is 2.14. The molecule has 0 bridgehead atoms. The average molecular weight is 216 g/mol. The van der Waals surface area contributed by atoms with E-state index in [-0.39, 0.29) is 5.91 Å². The maximum Gasteiger partial charge on any atom is 0.282 e. The van der Waals surface area contributed by atoms with Gasteiger partial charge in [-0.3, -0.25) is 4.79 Å². The van der Waals surface area contributed by atoms with Crippen LogP contribution in [-0.4, -0.2) is 15.7 Å². The van der Waals surface area contributed by atoms with Crippen molar-refractivity contribution in [2.24, 2.45) is 0 Å². The normalized spacial score (nSPS) is 10.3. The van der Waals surface area contributed by atoms with Gasteiger partial charge in [-0.2, -0.15) is 9.78 Å². The molecule has 0 aliphatic carbocycles. The van der Waals surface area contributed by atoms with Crippen LogP contribution in [0.3, 0.4) is 0 Å². The largest absolute Gasteiger partial charge is 0.398 e. The number of nitrogens with zero attached hydrogens (tertiary/aromatic N) is 2. The minimum absolute atomic E-state index is 0.311. The standard InChI is InChI=1S/C11H12N4O/c1-7-6-10(13)15(14-7)11(16)8-4-2-3-5-9(8)12/h2-6H,12-13H2,1H3. The predicted octanol–water partition coefficient (Wildman–Crippen LogP) is 1.04. The molecule has 0 atom stereocenters. The Balaban J connectivity index is 2.47. The summed E-state index contributed by atoms with van der Waals surface area (Å²) in [5.74, 6) is -0.00514. The molecular formula is C11H12N4O. The van der Waals surface area contributed by atoms with E-state index in [1.165, 1.54) is 0 Å². The molecule has 0 aliphatic rings. The summed E-state index contributed by atoms with van der Waals surface area (Å²) in [5, 5.41) is 4.01. The first-order valence-electron chi connectivity index (χ1n) is 4.81. The van der Waals surface area contributed by atoms with Crippen molar-refractivity contribution in [2.75, 3.05) is 11.5 Å². The zero-order valence-electron chi connectivity index (χ0n) is 8.84. The second kappa shape index (κ2) is 3.69. The number of aromatic nitrogens is 2. The van der Waals surface area contributed by atoms with E-state index in [9.17, 15) is 4.79 Å². The molecule has 1 aromatic heterocycles. The van der Waals surface area contributed by atoms with Crippen LogP contribution in [0.25, 0.3) is 0 Å². The van der Waals surface area contributed by atoms with Crippen LogP contribution < -0.4 is 11.5 Å². The fourth-order valence-electron chi connectivity index (χ4n) is 1.49. The highest BCUT2D eigenvalue weighted by atomic mass is 16.2. The topological polar surface area (TPSA) is 86.9 Å². The predicted molar refractivity (Wildman–Crippen MR) is 62.0 cm³/mol. The Kier molecular flexibility index (Phi) is 2.36. The molecule has 0 saturated carbocycles. The average Bonchev–Trinajstić information content (AvgIpc) is 2.58. The second-order valence-corrected chi connectivity index (χ2v) is 3.51. The molecule has 1 aromatic carbocycles. The molecule has 0 radical (unpaired) electrons. The van der Waals surface area contributed by atoms with Gasteiger partial charge in [-0.15, -0.1) is 0 Å². The van der Waals surface area contributed by atoms with Gasteiger partial charge in [-0.25, -0.2) is 0 Å². The number of hydrogen-bond acceptors (Lipinski definition) is 4. The van der Waals surface area contributed by atoms with E-state index in [4.69, 9.17) is 11.5 Å². The Bertz CT molecular complexity index is 545. The van der Waals surface area contributed by atoms with Gasteiger partial charge in [0.05, 0.1) is 11.3 Å². The van der Waals surface area contributed by atoms with Crippen LogP contribution in [0.2, 0.25) is 0 Å². The third-order valence-corrected chi connectivity index (χ3v) is 2.24. The quantitative estimate of drug-likeness (QED) is 0.697. The van der Waals surface area contributed by atoms with Crippen LogP contribution in [0.4, 0.5) is 11.5 Å². The molecule has 4 N–H and O–H groups in total. The van der Waals surface area contributed by atoms with Crippen molar-refractivity contribution < 1.29 is 4.79 Å². The lowest BCUT2D eigenvalue weighted by Crippen LogP contribution is -2.17. The number of anilines is 2. The van der Waals surface area contributed by atoms with Crippen LogP contribution in [0.15, 0.2) is 30.3 Å². The van der Waals surface area contributed by atoms with Gasteiger partial charge in [0, 0.05) is 11.8 Å². The summed E-state index contributed by atoms with van der Waals surface area (Å²) in [6.07, 6.45) is 0. The van der Waals surface area contributed by atoms with E-state index >= 15 is 0 Å². The summed E-state index contributed by atoms with van der Waals surface area (Å²) in [6.45, 7) is 1.77. The molecule has 0 spiro atoms. The molecule has 16 heavy (non-hydrogen) atoms. The van der Waals surface area contributed by atoms with Gasteiger partial charge < -0.3 is 11.5 Å². The number of aryl methyl sites for hydroxylation is 1. The first-order chi connectivity index (χ1) is 7.59. The molecule has 0 fully saturated rings. The number of nitrogens with two attached hydrogens (primary N) is 2. The fourth-order valence-corrected chi connectivity index (χ4v) is 1.49. The molecule has 5 heteroatoms. The monoisotopic (exact) mass is 216 g/mol. The first-order valence-corrected chi connectivity index (χ1v) is 4.81. The SMILES string of the molecule is Cc1cc(N)n(C(=O)c2ccccc2N)n1. The Morgan fingerprint density at radius 3 is 2.56 bits per heavy atom. The molecule has 1 heterocycles. The van der Waals surface area contributed by atoms with E-state index < -0.39 is 0 Å². The van der Waals surface area contributed by atoms with E-state index in [2.05, 4.69) is 5.10 Å². The summed E-state index contributed by atoms with van der Waals surface area (Å²) in [7, 11) is 0. The van der Waals surface area contributed by atoms with Gasteiger partial charge in [0.1, 0.15) is 5.82 Å². The van der Waals surface area contributed by atoms with E-state index in [0.717, 1.165) is 4.68 Å². The minimum atomic E-state index is -0.316. The lowest BCUT2D eigenvalue weighted by Gasteiger charge is -2.05. The Labute approximate surface area is 92.7 Å². The van der Waals surface area contributed by atoms with Crippen LogP contribution in [0, 0.1) is 6.92 Å². The molecule has 0 amide bonds. The van der Waals surface area contributed by atoms with E-state index in [0.29, 0.717) is 22.8 Å². The lowest BCUT2D eigenvalue weighted by molar-refractivity contribution is 0.0948. The smallest absolute Gasteiger partial charge is 0.282 e. The van der Waals surface area contributed by atoms with Crippen LogP contribution in [-0.2, 0) is 0 Å². The van der Waals surface area contributed by atoms with Crippen molar-refractivity contribution in [1.29, 1.82) is 0 Å². The van der Waals surface area contributed by atoms with Gasteiger partial charge in [0.15, 0.2) is 0 Å². The number of rotatable bonds is 1. The molecule has 0 unspecified atom stereocenters. The third kappa shape index (κ3) is 1.63. The maximum absolute atomic E-state index is 12.0. The molecule has 5 nitrogen and oxygen atoms in total. The zero-order valence-corrected chi connectivity index (χ0v) is 8.84. The number of carbonyl (C=O) groups is 1. The van der Waals surface area contributed by atoms with Crippen molar-refractivity contribution in [1.82, 2.24) is 9.78 Å². The molecule has 0 aliphatic heterocycles. The van der Waals surface area contributed by atoms with Gasteiger partial charge in [-0.1, -0.05) is 12.1 Å². The lowest BCUT2D eigenvalue weighted by atomic mass is 10.2. The molecule has 2 aromatic rings. The Morgan fingerprint density at radius 1 is 1.31 bits per heavy atom. The highest BCUT2D eigenvalue weighted by molar-refractivity contribution is 6.01. The van der Waals surface area contributed by atoms with E-state index in [1.807, 2.05) is 0 Å². The van der Waals surface area contributed by atoms with Gasteiger partial charge >= 0.3 is 0 Å². The number of para-hydroxylation sites is 1. The number of benzene rings is 1. The molecule has 0 saturated heterocycles. The fraction of sp³-hybridized carbons (Fsp3) is 0.0909. The number of carbonyl (C=O) groups excluding carboxylic acids is 1. The number of hydrogen-bond donors (Lipinski definition) is 2. The summed E-state index contributed by atoms with van der Waals surface area (Å²) < 4.78 is 1.15. The first kappa shape index (κ1) is 10.2. The van der Waals surface area contributed by atoms with Crippen molar-refractivity contribution in [3.8, 4) is 0 Å². The van der Waals surface area contributed by atoms with Crippen molar-refractivity contribution in [3.05, 3.63) is 41.6 Å². The van der Waals surface area contributed by atoms with Crippen molar-refractivity contribution >= 4 is 17.4 Å².